The number of aromatic hydroxyl groups is 1. The number of aromatic carboxylic acids is 1. The van der Waals surface area contributed by atoms with Crippen molar-refractivity contribution >= 4 is 5.97 Å². The molecular formula is C12H19KNO4+. The molecule has 0 spiro atoms. The van der Waals surface area contributed by atoms with Gasteiger partial charge < -0.3 is 24.6 Å². The van der Waals surface area contributed by atoms with Crippen LogP contribution in [0, 0.1) is 0 Å². The molecule has 0 aromatic heterocycles. The average molecular weight is 280 g/mol. The zero-order valence-electron chi connectivity index (χ0n) is 11.4. The van der Waals surface area contributed by atoms with Gasteiger partial charge in [0, 0.05) is 5.56 Å². The number of phenols is 1. The van der Waals surface area contributed by atoms with Crippen LogP contribution >= 0.6 is 0 Å². The van der Waals surface area contributed by atoms with Crippen LogP contribution in [0.3, 0.4) is 0 Å². The predicted octanol–water partition coefficient (Wildman–Crippen LogP) is -3.56. The Morgan fingerprint density at radius 2 is 1.78 bits per heavy atom. The topological polar surface area (TPSA) is 80.6 Å². The van der Waals surface area contributed by atoms with Gasteiger partial charge in [0.05, 0.1) is 33.7 Å². The van der Waals surface area contributed by atoms with Crippen molar-refractivity contribution in [3.63, 3.8) is 0 Å². The van der Waals surface area contributed by atoms with E-state index in [-0.39, 0.29) is 69.3 Å². The number of carboxylic acids is 1. The maximum atomic E-state index is 10.2. The van der Waals surface area contributed by atoms with Crippen LogP contribution in [0.1, 0.15) is 10.4 Å². The van der Waals surface area contributed by atoms with E-state index in [1.807, 2.05) is 0 Å². The third-order valence-electron chi connectivity index (χ3n) is 1.89. The monoisotopic (exact) mass is 280 g/mol. The molecule has 5 nitrogen and oxygen atoms in total. The molecule has 1 aromatic carbocycles. The Kier molecular flexibility index (Phi) is 11.2. The number of aliphatic hydroxyl groups is 1. The van der Waals surface area contributed by atoms with Gasteiger partial charge in [-0.25, -0.2) is 0 Å². The largest absolute Gasteiger partial charge is 1.00 e. The van der Waals surface area contributed by atoms with E-state index in [0.717, 1.165) is 11.0 Å². The van der Waals surface area contributed by atoms with Crippen LogP contribution < -0.4 is 56.5 Å². The fourth-order valence-corrected chi connectivity index (χ4v) is 0.946. The SMILES string of the molecule is C[N+](C)(C)CCO.O=C([O-])c1ccccc1O.[K+]. The maximum absolute atomic E-state index is 10.2. The van der Waals surface area contributed by atoms with Crippen LogP contribution in [0.25, 0.3) is 0 Å². The molecule has 0 radical (unpaired) electrons. The van der Waals surface area contributed by atoms with Crippen LogP contribution in [0.4, 0.5) is 0 Å². The van der Waals surface area contributed by atoms with Gasteiger partial charge in [0.15, 0.2) is 0 Å². The molecule has 0 aliphatic rings. The fraction of sp³-hybridized carbons (Fsp3) is 0.417. The van der Waals surface area contributed by atoms with Gasteiger partial charge >= 0.3 is 51.4 Å². The van der Waals surface area contributed by atoms with Crippen molar-refractivity contribution in [3.8, 4) is 5.75 Å². The van der Waals surface area contributed by atoms with E-state index in [4.69, 9.17) is 10.2 Å². The Bertz CT molecular complexity index is 363. The molecule has 96 valence electrons. The van der Waals surface area contributed by atoms with Crippen molar-refractivity contribution < 1.29 is 76.0 Å². The molecule has 1 rings (SSSR count). The minimum absolute atomic E-state index is 0. The molecule has 2 N–H and O–H groups in total. The summed E-state index contributed by atoms with van der Waals surface area (Å²) < 4.78 is 0.844. The van der Waals surface area contributed by atoms with E-state index < -0.39 is 5.97 Å². The van der Waals surface area contributed by atoms with Crippen LogP contribution in [-0.2, 0) is 0 Å². The summed E-state index contributed by atoms with van der Waals surface area (Å²) >= 11 is 0. The normalized spacial score (nSPS) is 9.78. The molecule has 0 amide bonds. The van der Waals surface area contributed by atoms with Crippen LogP contribution in [0.2, 0.25) is 0 Å². The summed E-state index contributed by atoms with van der Waals surface area (Å²) in [6, 6.07) is 5.64. The van der Waals surface area contributed by atoms with E-state index >= 15 is 0 Å². The minimum atomic E-state index is -1.36. The van der Waals surface area contributed by atoms with Crippen molar-refractivity contribution in [2.45, 2.75) is 0 Å². The molecule has 0 bridgehead atoms. The molecule has 0 heterocycles. The Morgan fingerprint density at radius 3 is 2.00 bits per heavy atom. The van der Waals surface area contributed by atoms with Crippen molar-refractivity contribution in [1.82, 2.24) is 0 Å². The van der Waals surface area contributed by atoms with E-state index in [1.165, 1.54) is 18.2 Å². The second-order valence-electron chi connectivity index (χ2n) is 4.54. The second kappa shape index (κ2) is 9.91. The number of para-hydroxylation sites is 1. The number of hydrogen-bond acceptors (Lipinski definition) is 4. The minimum Gasteiger partial charge on any atom is -0.545 e. The van der Waals surface area contributed by atoms with Crippen molar-refractivity contribution in [2.24, 2.45) is 0 Å². The third-order valence-corrected chi connectivity index (χ3v) is 1.89. The molecular weight excluding hydrogens is 261 g/mol. The van der Waals surface area contributed by atoms with Gasteiger partial charge in [-0.15, -0.1) is 0 Å². The number of carbonyl (C=O) groups excluding carboxylic acids is 1. The summed E-state index contributed by atoms with van der Waals surface area (Å²) in [6.45, 7) is 1.11. The summed E-state index contributed by atoms with van der Waals surface area (Å²) in [5.41, 5.74) is -0.178. The predicted molar refractivity (Wildman–Crippen MR) is 62.4 cm³/mol. The first kappa shape index (κ1) is 20.4. The summed E-state index contributed by atoms with van der Waals surface area (Å²) in [7, 11) is 6.16. The van der Waals surface area contributed by atoms with Gasteiger partial charge in [-0.1, -0.05) is 12.1 Å². The van der Waals surface area contributed by atoms with Crippen molar-refractivity contribution in [3.05, 3.63) is 29.8 Å². The Morgan fingerprint density at radius 1 is 1.28 bits per heavy atom. The molecule has 0 saturated heterocycles. The van der Waals surface area contributed by atoms with Crippen LogP contribution in [0.15, 0.2) is 24.3 Å². The molecule has 0 fully saturated rings. The third kappa shape index (κ3) is 10.0. The molecule has 0 atom stereocenters. The molecule has 0 saturated carbocycles. The molecule has 1 aromatic rings. The standard InChI is InChI=1S/C7H6O3.C5H14NO.K/c8-6-4-2-1-3-5(6)7(9)10;1-6(2,3)4-5-7;/h1-4,8H,(H,9,10);7H,4-5H2,1-3H3;/q;2*+1/p-1. The number of carboxylic acid groups (broad SMARTS) is 1. The van der Waals surface area contributed by atoms with E-state index in [9.17, 15) is 9.90 Å². The van der Waals surface area contributed by atoms with E-state index in [0.29, 0.717) is 0 Å². The summed E-state index contributed by atoms with van der Waals surface area (Å²) in [5.74, 6) is -1.62. The number of nitrogens with zero attached hydrogens (tertiary/aromatic N) is 1. The second-order valence-corrected chi connectivity index (χ2v) is 4.54. The van der Waals surface area contributed by atoms with Crippen LogP contribution in [0.5, 0.6) is 5.75 Å². The van der Waals surface area contributed by atoms with Gasteiger partial charge in [0.25, 0.3) is 0 Å². The molecule has 0 aliphatic carbocycles. The Balaban J connectivity index is 0. The summed E-state index contributed by atoms with van der Waals surface area (Å²) in [4.78, 5) is 10.2. The summed E-state index contributed by atoms with van der Waals surface area (Å²) in [5, 5.41) is 27.4. The molecule has 0 unspecified atom stereocenters. The van der Waals surface area contributed by atoms with Crippen LogP contribution in [-0.4, -0.2) is 55.0 Å². The van der Waals surface area contributed by atoms with Crippen molar-refractivity contribution in [1.29, 1.82) is 0 Å². The van der Waals surface area contributed by atoms with Gasteiger partial charge in [-0.3, -0.25) is 0 Å². The maximum Gasteiger partial charge on any atom is 1.00 e. The zero-order chi connectivity index (χ0) is 13.5. The van der Waals surface area contributed by atoms with Gasteiger partial charge in [0.1, 0.15) is 12.3 Å². The van der Waals surface area contributed by atoms with Gasteiger partial charge in [-0.2, -0.15) is 0 Å². The first-order valence-electron chi connectivity index (χ1n) is 5.18. The number of likely N-dealkylation sites (N-methyl/N-ethyl adjacent to an activating group) is 1. The smallest absolute Gasteiger partial charge is 0.545 e. The quantitative estimate of drug-likeness (QED) is 0.444. The first-order chi connectivity index (χ1) is 7.78. The number of aliphatic hydroxyl groups excluding tert-OH is 1. The average Bonchev–Trinajstić information content (AvgIpc) is 2.16. The number of quaternary nitrogens is 1. The van der Waals surface area contributed by atoms with E-state index in [1.54, 1.807) is 6.07 Å². The number of hydrogen-bond donors (Lipinski definition) is 2. The fourth-order valence-electron chi connectivity index (χ4n) is 0.946. The first-order valence-corrected chi connectivity index (χ1v) is 5.18. The number of carbonyl (C=O) groups is 1. The van der Waals surface area contributed by atoms with Gasteiger partial charge in [0.2, 0.25) is 0 Å². The summed E-state index contributed by atoms with van der Waals surface area (Å²) in [6.07, 6.45) is 0. The Labute approximate surface area is 150 Å². The number of benzene rings is 1. The molecule has 6 heteroatoms. The Hall–Kier alpha value is 0.0464. The van der Waals surface area contributed by atoms with E-state index in [2.05, 4.69) is 21.1 Å². The zero-order valence-corrected chi connectivity index (χ0v) is 14.5. The number of rotatable bonds is 3. The molecule has 0 aliphatic heterocycles. The van der Waals surface area contributed by atoms with Crippen molar-refractivity contribution in [2.75, 3.05) is 34.3 Å². The van der Waals surface area contributed by atoms with Gasteiger partial charge in [-0.05, 0) is 12.1 Å². The molecule has 18 heavy (non-hydrogen) atoms.